The van der Waals surface area contributed by atoms with Crippen molar-refractivity contribution in [3.63, 3.8) is 0 Å². The molecule has 1 fully saturated rings. The van der Waals surface area contributed by atoms with Crippen LogP contribution in [-0.4, -0.2) is 29.2 Å². The fourth-order valence-electron chi connectivity index (χ4n) is 2.13. The van der Waals surface area contributed by atoms with Gasteiger partial charge in [-0.3, -0.25) is 0 Å². The molecule has 1 rings (SSSR count). The molecule has 1 atom stereocenters. The Kier molecular flexibility index (Phi) is 4.61. The maximum absolute atomic E-state index is 12.1. The Balaban J connectivity index is 2.71. The summed E-state index contributed by atoms with van der Waals surface area (Å²) < 4.78 is 5.45. The molecule has 3 nitrogen and oxygen atoms in total. The van der Waals surface area contributed by atoms with Gasteiger partial charge in [0.25, 0.3) is 0 Å². The van der Waals surface area contributed by atoms with Crippen LogP contribution in [0.25, 0.3) is 0 Å². The van der Waals surface area contributed by atoms with Gasteiger partial charge >= 0.3 is 6.09 Å². The van der Waals surface area contributed by atoms with Crippen LogP contribution in [0.5, 0.6) is 0 Å². The third-order valence-corrected chi connectivity index (χ3v) is 3.06. The highest BCUT2D eigenvalue weighted by Crippen LogP contribution is 2.25. The molecule has 0 radical (unpaired) electrons. The van der Waals surface area contributed by atoms with E-state index in [0.717, 1.165) is 31.4 Å². The lowest BCUT2D eigenvalue weighted by atomic mass is 9.95. The lowest BCUT2D eigenvalue weighted by Crippen LogP contribution is -2.46. The van der Waals surface area contributed by atoms with E-state index in [9.17, 15) is 4.79 Å². The summed E-state index contributed by atoms with van der Waals surface area (Å²) in [6.45, 7) is 12.7. The van der Waals surface area contributed by atoms with Crippen molar-refractivity contribution in [2.24, 2.45) is 0 Å². The SMILES string of the molecule is C=C(CC)[C@@H]1CCCCN1C(=O)OC(C)(C)C. The highest BCUT2D eigenvalue weighted by Gasteiger charge is 2.31. The number of carbonyl (C=O) groups excluding carboxylic acids is 1. The molecule has 0 saturated carbocycles. The van der Waals surface area contributed by atoms with E-state index >= 15 is 0 Å². The third kappa shape index (κ3) is 4.06. The quantitative estimate of drug-likeness (QED) is 0.687. The first-order valence-electron chi connectivity index (χ1n) is 6.52. The van der Waals surface area contributed by atoms with Crippen LogP contribution >= 0.6 is 0 Å². The first-order valence-corrected chi connectivity index (χ1v) is 6.52. The Morgan fingerprint density at radius 2 is 2.06 bits per heavy atom. The van der Waals surface area contributed by atoms with Gasteiger partial charge in [0, 0.05) is 6.54 Å². The van der Waals surface area contributed by atoms with E-state index in [2.05, 4.69) is 13.5 Å². The first kappa shape index (κ1) is 14.1. The van der Waals surface area contributed by atoms with E-state index in [4.69, 9.17) is 4.74 Å². The topological polar surface area (TPSA) is 29.5 Å². The maximum Gasteiger partial charge on any atom is 0.410 e. The summed E-state index contributed by atoms with van der Waals surface area (Å²) in [5.41, 5.74) is 0.711. The molecule has 1 heterocycles. The van der Waals surface area contributed by atoms with Crippen molar-refractivity contribution in [2.75, 3.05) is 6.54 Å². The fourth-order valence-corrected chi connectivity index (χ4v) is 2.13. The van der Waals surface area contributed by atoms with Crippen LogP contribution in [0.3, 0.4) is 0 Å². The van der Waals surface area contributed by atoms with E-state index in [1.807, 2.05) is 25.7 Å². The van der Waals surface area contributed by atoms with Gasteiger partial charge in [0.15, 0.2) is 0 Å². The zero-order valence-corrected chi connectivity index (χ0v) is 11.6. The molecule has 0 unspecified atom stereocenters. The summed E-state index contributed by atoms with van der Waals surface area (Å²) in [6, 6.07) is 0.170. The van der Waals surface area contributed by atoms with E-state index in [0.29, 0.717) is 0 Å². The van der Waals surface area contributed by atoms with Crippen LogP contribution in [-0.2, 0) is 4.74 Å². The molecular formula is C14H25NO2. The van der Waals surface area contributed by atoms with E-state index in [1.165, 1.54) is 6.42 Å². The third-order valence-electron chi connectivity index (χ3n) is 3.06. The molecule has 3 heteroatoms. The summed E-state index contributed by atoms with van der Waals surface area (Å²) in [4.78, 5) is 14.0. The number of piperidine rings is 1. The molecule has 0 N–H and O–H groups in total. The number of nitrogens with zero attached hydrogens (tertiary/aromatic N) is 1. The minimum atomic E-state index is -0.424. The van der Waals surface area contributed by atoms with Crippen molar-refractivity contribution in [1.82, 2.24) is 4.90 Å². The van der Waals surface area contributed by atoms with Gasteiger partial charge < -0.3 is 9.64 Å². The number of amides is 1. The van der Waals surface area contributed by atoms with Crippen LogP contribution in [0.1, 0.15) is 53.4 Å². The van der Waals surface area contributed by atoms with Crippen LogP contribution in [0, 0.1) is 0 Å². The van der Waals surface area contributed by atoms with Crippen molar-refractivity contribution < 1.29 is 9.53 Å². The standard InChI is InChI=1S/C14H25NO2/c1-6-11(2)12-9-7-8-10-15(12)13(16)17-14(3,4)5/h12H,2,6-10H2,1,3-5H3/t12-/m0/s1. The number of rotatable bonds is 2. The molecule has 1 aliphatic heterocycles. The predicted octanol–water partition coefficient (Wildman–Crippen LogP) is 3.74. The second kappa shape index (κ2) is 5.56. The molecule has 0 aromatic heterocycles. The molecule has 1 saturated heterocycles. The zero-order chi connectivity index (χ0) is 13.1. The first-order chi connectivity index (χ1) is 7.85. The molecule has 17 heavy (non-hydrogen) atoms. The fraction of sp³-hybridized carbons (Fsp3) is 0.786. The van der Waals surface area contributed by atoms with E-state index in [1.54, 1.807) is 0 Å². The van der Waals surface area contributed by atoms with Crippen LogP contribution in [0.4, 0.5) is 4.79 Å². The maximum atomic E-state index is 12.1. The minimum Gasteiger partial charge on any atom is -0.444 e. The van der Waals surface area contributed by atoms with Gasteiger partial charge in [-0.25, -0.2) is 4.79 Å². The largest absolute Gasteiger partial charge is 0.444 e. The number of hydrogen-bond donors (Lipinski definition) is 0. The Bertz CT molecular complexity index is 291. The van der Waals surface area contributed by atoms with Gasteiger partial charge in [0.1, 0.15) is 5.60 Å². The number of carbonyl (C=O) groups is 1. The average Bonchev–Trinajstić information content (AvgIpc) is 2.25. The van der Waals surface area contributed by atoms with Crippen LogP contribution < -0.4 is 0 Å². The molecule has 0 aromatic rings. The van der Waals surface area contributed by atoms with Gasteiger partial charge in [0.2, 0.25) is 0 Å². The molecule has 0 aliphatic carbocycles. The number of hydrogen-bond acceptors (Lipinski definition) is 2. The molecule has 1 aliphatic rings. The minimum absolute atomic E-state index is 0.170. The average molecular weight is 239 g/mol. The molecule has 0 bridgehead atoms. The predicted molar refractivity (Wildman–Crippen MR) is 70.0 cm³/mol. The van der Waals surface area contributed by atoms with E-state index < -0.39 is 5.60 Å². The van der Waals surface area contributed by atoms with Crippen molar-refractivity contribution in [3.05, 3.63) is 12.2 Å². The Morgan fingerprint density at radius 3 is 2.59 bits per heavy atom. The molecule has 98 valence electrons. The van der Waals surface area contributed by atoms with Gasteiger partial charge in [0.05, 0.1) is 6.04 Å². The highest BCUT2D eigenvalue weighted by molar-refractivity contribution is 5.69. The Morgan fingerprint density at radius 1 is 1.41 bits per heavy atom. The number of ether oxygens (including phenoxy) is 1. The molecule has 1 amide bonds. The van der Waals surface area contributed by atoms with Crippen LogP contribution in [0.15, 0.2) is 12.2 Å². The lowest BCUT2D eigenvalue weighted by Gasteiger charge is -2.37. The Labute approximate surface area is 105 Å². The normalized spacial score (nSPS) is 21.2. The van der Waals surface area contributed by atoms with Crippen molar-refractivity contribution in [1.29, 1.82) is 0 Å². The van der Waals surface area contributed by atoms with Crippen molar-refractivity contribution >= 4 is 6.09 Å². The summed E-state index contributed by atoms with van der Waals surface area (Å²) in [5.74, 6) is 0. The highest BCUT2D eigenvalue weighted by atomic mass is 16.6. The van der Waals surface area contributed by atoms with Gasteiger partial charge in [-0.2, -0.15) is 0 Å². The summed E-state index contributed by atoms with van der Waals surface area (Å²) >= 11 is 0. The zero-order valence-electron chi connectivity index (χ0n) is 11.6. The van der Waals surface area contributed by atoms with Gasteiger partial charge in [-0.15, -0.1) is 0 Å². The van der Waals surface area contributed by atoms with Gasteiger partial charge in [-0.1, -0.05) is 19.1 Å². The molecule has 0 spiro atoms. The summed E-state index contributed by atoms with van der Waals surface area (Å²) in [7, 11) is 0. The van der Waals surface area contributed by atoms with E-state index in [-0.39, 0.29) is 12.1 Å². The second-order valence-corrected chi connectivity index (χ2v) is 5.70. The van der Waals surface area contributed by atoms with Crippen molar-refractivity contribution in [3.8, 4) is 0 Å². The van der Waals surface area contributed by atoms with Gasteiger partial charge in [-0.05, 0) is 46.5 Å². The summed E-state index contributed by atoms with van der Waals surface area (Å²) in [6.07, 6.45) is 3.97. The van der Waals surface area contributed by atoms with Crippen LogP contribution in [0.2, 0.25) is 0 Å². The lowest BCUT2D eigenvalue weighted by molar-refractivity contribution is 0.0136. The smallest absolute Gasteiger partial charge is 0.410 e. The number of likely N-dealkylation sites (tertiary alicyclic amines) is 1. The molecular weight excluding hydrogens is 214 g/mol. The second-order valence-electron chi connectivity index (χ2n) is 5.70. The summed E-state index contributed by atoms with van der Waals surface area (Å²) in [5, 5.41) is 0. The van der Waals surface area contributed by atoms with Crippen molar-refractivity contribution in [2.45, 2.75) is 65.0 Å². The molecule has 0 aromatic carbocycles. The Hall–Kier alpha value is -0.990. The monoisotopic (exact) mass is 239 g/mol.